The number of urea groups is 1. The Hall–Kier alpha value is -3.91. The lowest BCUT2D eigenvalue weighted by Gasteiger charge is -2.26. The normalized spacial score (nSPS) is 15.7. The average molecular weight is 423 g/mol. The van der Waals surface area contributed by atoms with Gasteiger partial charge < -0.3 is 10.3 Å². The van der Waals surface area contributed by atoms with Crippen molar-refractivity contribution in [2.24, 2.45) is 5.73 Å². The third kappa shape index (κ3) is 3.44. The number of hydrogen-bond donors (Lipinski definition) is 2. The molecule has 1 aliphatic heterocycles. The molecule has 0 saturated carbocycles. The second-order valence-corrected chi connectivity index (χ2v) is 7.07. The Morgan fingerprint density at radius 1 is 1.10 bits per heavy atom. The molecule has 150 valence electrons. The minimum atomic E-state index is -0.861. The van der Waals surface area contributed by atoms with Gasteiger partial charge in [0.25, 0.3) is 11.8 Å². The standard InChI is InChI=1S/C21H15ClN4O4/c22-13-4-3-5-14(9-13)26-20(29)16(19(28)24-21(26)30)8-12-10-25(11-18(23)27)17-7-2-1-6-15(12)17/h1-10H,11H2,(H2,23,27)(H,24,28,30)/b16-8+. The zero-order valence-electron chi connectivity index (χ0n) is 15.5. The van der Waals surface area contributed by atoms with Crippen molar-refractivity contribution < 1.29 is 19.2 Å². The van der Waals surface area contributed by atoms with E-state index >= 15 is 0 Å². The number of amides is 5. The molecule has 1 aliphatic rings. The summed E-state index contributed by atoms with van der Waals surface area (Å²) < 4.78 is 1.63. The van der Waals surface area contributed by atoms with Crippen LogP contribution in [-0.2, 0) is 20.9 Å². The molecule has 2 aromatic carbocycles. The summed E-state index contributed by atoms with van der Waals surface area (Å²) in [6.45, 7) is -0.0586. The summed E-state index contributed by atoms with van der Waals surface area (Å²) in [5, 5.41) is 3.23. The highest BCUT2D eigenvalue weighted by Crippen LogP contribution is 2.27. The number of para-hydroxylation sites is 1. The van der Waals surface area contributed by atoms with Crippen LogP contribution in [0.15, 0.2) is 60.3 Å². The number of fused-ring (bicyclic) bond motifs is 1. The number of imide groups is 2. The van der Waals surface area contributed by atoms with Crippen molar-refractivity contribution in [3.63, 3.8) is 0 Å². The maximum absolute atomic E-state index is 13.0. The fourth-order valence-electron chi connectivity index (χ4n) is 3.35. The van der Waals surface area contributed by atoms with Gasteiger partial charge in [-0.25, -0.2) is 9.69 Å². The van der Waals surface area contributed by atoms with Crippen molar-refractivity contribution in [1.29, 1.82) is 0 Å². The van der Waals surface area contributed by atoms with Gasteiger partial charge in [-0.05, 0) is 30.3 Å². The van der Waals surface area contributed by atoms with Crippen LogP contribution in [0.25, 0.3) is 17.0 Å². The fraction of sp³-hybridized carbons (Fsp3) is 0.0476. The Kier molecular flexibility index (Phi) is 4.85. The van der Waals surface area contributed by atoms with Crippen LogP contribution in [0.5, 0.6) is 0 Å². The van der Waals surface area contributed by atoms with Gasteiger partial charge in [0.2, 0.25) is 5.91 Å². The lowest BCUT2D eigenvalue weighted by Crippen LogP contribution is -2.54. The predicted molar refractivity (Wildman–Crippen MR) is 112 cm³/mol. The summed E-state index contributed by atoms with van der Waals surface area (Å²) in [6.07, 6.45) is 3.02. The van der Waals surface area contributed by atoms with Crippen molar-refractivity contribution >= 4 is 58.0 Å². The summed E-state index contributed by atoms with van der Waals surface area (Å²) in [6, 6.07) is 12.5. The number of hydrogen-bond acceptors (Lipinski definition) is 4. The quantitative estimate of drug-likeness (QED) is 0.496. The summed E-state index contributed by atoms with van der Waals surface area (Å²) in [5.41, 5.74) is 6.58. The summed E-state index contributed by atoms with van der Waals surface area (Å²) in [4.78, 5) is 50.0. The molecule has 4 rings (SSSR count). The highest BCUT2D eigenvalue weighted by Gasteiger charge is 2.37. The lowest BCUT2D eigenvalue weighted by atomic mass is 10.1. The van der Waals surface area contributed by atoms with E-state index in [1.807, 2.05) is 0 Å². The van der Waals surface area contributed by atoms with Crippen LogP contribution in [0.1, 0.15) is 5.56 Å². The van der Waals surface area contributed by atoms with E-state index in [9.17, 15) is 19.2 Å². The second-order valence-electron chi connectivity index (χ2n) is 6.63. The number of nitrogens with one attached hydrogen (secondary N) is 1. The Morgan fingerprint density at radius 3 is 2.60 bits per heavy atom. The number of rotatable bonds is 4. The third-order valence-electron chi connectivity index (χ3n) is 4.61. The number of nitrogens with two attached hydrogens (primary N) is 1. The van der Waals surface area contributed by atoms with Gasteiger partial charge in [0.15, 0.2) is 0 Å². The molecule has 3 aromatic rings. The Bertz CT molecular complexity index is 1260. The molecule has 5 amide bonds. The molecule has 0 aliphatic carbocycles. The minimum Gasteiger partial charge on any atom is -0.368 e. The van der Waals surface area contributed by atoms with Gasteiger partial charge in [-0.15, -0.1) is 0 Å². The molecule has 0 spiro atoms. The van der Waals surface area contributed by atoms with E-state index in [0.29, 0.717) is 10.6 Å². The van der Waals surface area contributed by atoms with Crippen molar-refractivity contribution in [3.8, 4) is 0 Å². The average Bonchev–Trinajstić information content (AvgIpc) is 3.02. The number of anilines is 1. The van der Waals surface area contributed by atoms with E-state index in [4.69, 9.17) is 17.3 Å². The van der Waals surface area contributed by atoms with E-state index in [-0.39, 0.29) is 17.8 Å². The molecule has 1 aromatic heterocycles. The molecular formula is C21H15ClN4O4. The van der Waals surface area contributed by atoms with Gasteiger partial charge in [-0.3, -0.25) is 19.7 Å². The maximum atomic E-state index is 13.0. The summed E-state index contributed by atoms with van der Waals surface area (Å²) >= 11 is 5.97. The first-order valence-electron chi connectivity index (χ1n) is 8.88. The van der Waals surface area contributed by atoms with Crippen molar-refractivity contribution in [2.75, 3.05) is 4.90 Å². The number of barbiturate groups is 1. The smallest absolute Gasteiger partial charge is 0.335 e. The molecule has 2 heterocycles. The Morgan fingerprint density at radius 2 is 1.87 bits per heavy atom. The van der Waals surface area contributed by atoms with Crippen LogP contribution < -0.4 is 16.0 Å². The number of nitrogens with zero attached hydrogens (tertiary/aromatic N) is 2. The number of primary amides is 1. The van der Waals surface area contributed by atoms with E-state index in [2.05, 4.69) is 5.32 Å². The number of aromatic nitrogens is 1. The van der Waals surface area contributed by atoms with Crippen molar-refractivity contribution in [1.82, 2.24) is 9.88 Å². The number of carbonyl (C=O) groups is 4. The van der Waals surface area contributed by atoms with Gasteiger partial charge in [-0.2, -0.15) is 0 Å². The molecule has 0 bridgehead atoms. The largest absolute Gasteiger partial charge is 0.368 e. The van der Waals surface area contributed by atoms with E-state index in [1.54, 1.807) is 47.2 Å². The Labute approximate surface area is 175 Å². The number of benzene rings is 2. The molecule has 9 heteroatoms. The lowest BCUT2D eigenvalue weighted by molar-refractivity contribution is -0.122. The van der Waals surface area contributed by atoms with Gasteiger partial charge in [0, 0.05) is 27.7 Å². The van der Waals surface area contributed by atoms with Gasteiger partial charge in [-0.1, -0.05) is 35.9 Å². The van der Waals surface area contributed by atoms with Gasteiger partial charge in [0.1, 0.15) is 12.1 Å². The summed E-state index contributed by atoms with van der Waals surface area (Å²) in [7, 11) is 0. The molecule has 30 heavy (non-hydrogen) atoms. The van der Waals surface area contributed by atoms with Crippen molar-refractivity contribution in [2.45, 2.75) is 6.54 Å². The fourth-order valence-corrected chi connectivity index (χ4v) is 3.54. The van der Waals surface area contributed by atoms with Crippen LogP contribution >= 0.6 is 11.6 Å². The van der Waals surface area contributed by atoms with Crippen molar-refractivity contribution in [3.05, 3.63) is 70.9 Å². The zero-order chi connectivity index (χ0) is 21.4. The zero-order valence-corrected chi connectivity index (χ0v) is 16.2. The second kappa shape index (κ2) is 7.49. The molecule has 8 nitrogen and oxygen atoms in total. The first kappa shape index (κ1) is 19.4. The predicted octanol–water partition coefficient (Wildman–Crippen LogP) is 2.45. The third-order valence-corrected chi connectivity index (χ3v) is 4.85. The summed E-state index contributed by atoms with van der Waals surface area (Å²) in [5.74, 6) is -2.12. The Balaban J connectivity index is 1.81. The first-order chi connectivity index (χ1) is 14.3. The number of carbonyl (C=O) groups excluding carboxylic acids is 4. The molecule has 0 atom stereocenters. The highest BCUT2D eigenvalue weighted by molar-refractivity contribution is 6.39. The highest BCUT2D eigenvalue weighted by atomic mass is 35.5. The molecule has 3 N–H and O–H groups in total. The van der Waals surface area contributed by atoms with Crippen LogP contribution in [0.2, 0.25) is 5.02 Å². The van der Waals surface area contributed by atoms with Gasteiger partial charge in [0.05, 0.1) is 5.69 Å². The SMILES string of the molecule is NC(=O)Cn1cc(/C=C2\C(=O)NC(=O)N(c3cccc(Cl)c3)C2=O)c2ccccc21. The van der Waals surface area contributed by atoms with Crippen LogP contribution in [-0.4, -0.2) is 28.3 Å². The molecular weight excluding hydrogens is 408 g/mol. The monoisotopic (exact) mass is 422 g/mol. The molecule has 0 unspecified atom stereocenters. The van der Waals surface area contributed by atoms with E-state index in [1.165, 1.54) is 18.2 Å². The van der Waals surface area contributed by atoms with E-state index in [0.717, 1.165) is 15.8 Å². The van der Waals surface area contributed by atoms with Crippen LogP contribution in [0.4, 0.5) is 10.5 Å². The van der Waals surface area contributed by atoms with Crippen LogP contribution in [0, 0.1) is 0 Å². The molecule has 1 fully saturated rings. The maximum Gasteiger partial charge on any atom is 0.335 e. The van der Waals surface area contributed by atoms with Gasteiger partial charge >= 0.3 is 6.03 Å². The van der Waals surface area contributed by atoms with E-state index < -0.39 is 23.8 Å². The minimum absolute atomic E-state index is 0.0586. The first-order valence-corrected chi connectivity index (χ1v) is 9.26. The molecule has 1 saturated heterocycles. The molecule has 0 radical (unpaired) electrons. The van der Waals surface area contributed by atoms with Crippen LogP contribution in [0.3, 0.4) is 0 Å². The topological polar surface area (TPSA) is 114 Å². The number of halogens is 1.